The Morgan fingerprint density at radius 2 is 2.35 bits per heavy atom. The van der Waals surface area contributed by atoms with Crippen molar-refractivity contribution in [1.29, 1.82) is 0 Å². The molecule has 0 unspecified atom stereocenters. The molecule has 0 amide bonds. The third-order valence-electron chi connectivity index (χ3n) is 3.66. The van der Waals surface area contributed by atoms with Gasteiger partial charge in [0.05, 0.1) is 12.0 Å². The number of rotatable bonds is 5. The minimum Gasteiger partial charge on any atom is -0.334 e. The van der Waals surface area contributed by atoms with Crippen LogP contribution in [0.1, 0.15) is 31.7 Å². The Morgan fingerprint density at radius 3 is 3.12 bits per heavy atom. The van der Waals surface area contributed by atoms with Crippen molar-refractivity contribution in [3.8, 4) is 0 Å². The average molecular weight is 236 g/mol. The predicted octanol–water partition coefficient (Wildman–Crippen LogP) is 1.26. The van der Waals surface area contributed by atoms with Gasteiger partial charge >= 0.3 is 0 Å². The summed E-state index contributed by atoms with van der Waals surface area (Å²) in [5, 5.41) is 3.36. The summed E-state index contributed by atoms with van der Waals surface area (Å²) in [4.78, 5) is 6.87. The van der Waals surface area contributed by atoms with E-state index in [4.69, 9.17) is 0 Å². The summed E-state index contributed by atoms with van der Waals surface area (Å²) in [5.74, 6) is 0. The van der Waals surface area contributed by atoms with Gasteiger partial charge in [-0.25, -0.2) is 4.98 Å². The molecule has 96 valence electrons. The van der Waals surface area contributed by atoms with Gasteiger partial charge in [0, 0.05) is 37.8 Å². The standard InChI is InChI=1S/C13H24N4/c1-11(2)16(3)7-4-8-17-10-15-12-9-14-6-5-13(12)17/h10-11,14H,4-9H2,1-3H3. The van der Waals surface area contributed by atoms with Gasteiger partial charge in [-0.2, -0.15) is 0 Å². The molecule has 0 aliphatic carbocycles. The van der Waals surface area contributed by atoms with E-state index in [-0.39, 0.29) is 0 Å². The van der Waals surface area contributed by atoms with Crippen molar-refractivity contribution in [3.63, 3.8) is 0 Å². The zero-order valence-corrected chi connectivity index (χ0v) is 11.2. The molecule has 0 saturated heterocycles. The normalized spacial score (nSPS) is 15.6. The third kappa shape index (κ3) is 3.07. The molecule has 1 aliphatic heterocycles. The Labute approximate surface area is 104 Å². The molecular weight excluding hydrogens is 212 g/mol. The van der Waals surface area contributed by atoms with Gasteiger partial charge < -0.3 is 14.8 Å². The number of nitrogens with one attached hydrogen (secondary N) is 1. The van der Waals surface area contributed by atoms with Crippen molar-refractivity contribution in [2.45, 2.75) is 45.8 Å². The first-order valence-electron chi connectivity index (χ1n) is 6.62. The van der Waals surface area contributed by atoms with Gasteiger partial charge in [0.15, 0.2) is 0 Å². The number of fused-ring (bicyclic) bond motifs is 1. The molecule has 2 rings (SSSR count). The molecule has 0 saturated carbocycles. The van der Waals surface area contributed by atoms with E-state index in [2.05, 4.69) is 40.7 Å². The van der Waals surface area contributed by atoms with E-state index in [0.717, 1.165) is 32.6 Å². The first-order chi connectivity index (χ1) is 8.18. The van der Waals surface area contributed by atoms with Crippen LogP contribution in [0, 0.1) is 0 Å². The Hall–Kier alpha value is -0.870. The summed E-state index contributed by atoms with van der Waals surface area (Å²) >= 11 is 0. The fraction of sp³-hybridized carbons (Fsp3) is 0.769. The number of hydrogen-bond acceptors (Lipinski definition) is 3. The van der Waals surface area contributed by atoms with Crippen molar-refractivity contribution in [3.05, 3.63) is 17.7 Å². The number of nitrogens with zero attached hydrogens (tertiary/aromatic N) is 3. The van der Waals surface area contributed by atoms with Crippen LogP contribution in [0.15, 0.2) is 6.33 Å². The molecule has 1 N–H and O–H groups in total. The second kappa shape index (κ2) is 5.65. The Kier molecular flexibility index (Phi) is 4.18. The van der Waals surface area contributed by atoms with Crippen molar-refractivity contribution in [2.75, 3.05) is 20.1 Å². The minimum absolute atomic E-state index is 0.635. The van der Waals surface area contributed by atoms with E-state index in [1.54, 1.807) is 0 Å². The van der Waals surface area contributed by atoms with E-state index >= 15 is 0 Å². The molecule has 17 heavy (non-hydrogen) atoms. The number of hydrogen-bond donors (Lipinski definition) is 1. The molecule has 1 aromatic heterocycles. The lowest BCUT2D eigenvalue weighted by molar-refractivity contribution is 0.265. The van der Waals surface area contributed by atoms with Gasteiger partial charge in [-0.15, -0.1) is 0 Å². The van der Waals surface area contributed by atoms with Crippen LogP contribution in [0.3, 0.4) is 0 Å². The van der Waals surface area contributed by atoms with Crippen LogP contribution < -0.4 is 5.32 Å². The van der Waals surface area contributed by atoms with Crippen molar-refractivity contribution in [1.82, 2.24) is 19.8 Å². The summed E-state index contributed by atoms with van der Waals surface area (Å²) in [6.45, 7) is 8.76. The summed E-state index contributed by atoms with van der Waals surface area (Å²) in [7, 11) is 2.19. The lowest BCUT2D eigenvalue weighted by atomic mass is 10.2. The van der Waals surface area contributed by atoms with Gasteiger partial charge in [-0.1, -0.05) is 0 Å². The fourth-order valence-corrected chi connectivity index (χ4v) is 2.24. The molecule has 1 aliphatic rings. The molecule has 1 aromatic rings. The van der Waals surface area contributed by atoms with Crippen molar-refractivity contribution < 1.29 is 0 Å². The van der Waals surface area contributed by atoms with Crippen LogP contribution >= 0.6 is 0 Å². The molecule has 0 radical (unpaired) electrons. The zero-order chi connectivity index (χ0) is 12.3. The lowest BCUT2D eigenvalue weighted by Crippen LogP contribution is -2.28. The van der Waals surface area contributed by atoms with Gasteiger partial charge in [0.1, 0.15) is 0 Å². The van der Waals surface area contributed by atoms with Gasteiger partial charge in [-0.05, 0) is 33.9 Å². The smallest absolute Gasteiger partial charge is 0.0952 e. The molecule has 0 aromatic carbocycles. The maximum absolute atomic E-state index is 4.48. The number of imidazole rings is 1. The highest BCUT2D eigenvalue weighted by Gasteiger charge is 2.14. The van der Waals surface area contributed by atoms with Gasteiger partial charge in [0.2, 0.25) is 0 Å². The highest BCUT2D eigenvalue weighted by Crippen LogP contribution is 2.12. The summed E-state index contributed by atoms with van der Waals surface area (Å²) < 4.78 is 2.34. The first-order valence-corrected chi connectivity index (χ1v) is 6.62. The Morgan fingerprint density at radius 1 is 1.53 bits per heavy atom. The molecule has 4 heteroatoms. The van der Waals surface area contributed by atoms with Crippen LogP contribution in [-0.2, 0) is 19.5 Å². The summed E-state index contributed by atoms with van der Waals surface area (Å²) in [6, 6.07) is 0.635. The second-order valence-electron chi connectivity index (χ2n) is 5.19. The molecule has 0 atom stereocenters. The minimum atomic E-state index is 0.635. The van der Waals surface area contributed by atoms with Crippen LogP contribution in [0.25, 0.3) is 0 Å². The molecule has 0 spiro atoms. The zero-order valence-electron chi connectivity index (χ0n) is 11.2. The topological polar surface area (TPSA) is 33.1 Å². The van der Waals surface area contributed by atoms with E-state index in [1.165, 1.54) is 17.8 Å². The first kappa shape index (κ1) is 12.6. The molecule has 4 nitrogen and oxygen atoms in total. The van der Waals surface area contributed by atoms with Crippen LogP contribution in [-0.4, -0.2) is 40.6 Å². The molecule has 2 heterocycles. The summed E-state index contributed by atoms with van der Waals surface area (Å²) in [5.41, 5.74) is 2.68. The van der Waals surface area contributed by atoms with Crippen molar-refractivity contribution >= 4 is 0 Å². The van der Waals surface area contributed by atoms with E-state index in [1.807, 2.05) is 6.33 Å². The van der Waals surface area contributed by atoms with Gasteiger partial charge in [0.25, 0.3) is 0 Å². The highest BCUT2D eigenvalue weighted by atomic mass is 15.1. The fourth-order valence-electron chi connectivity index (χ4n) is 2.24. The Bertz CT molecular complexity index is 356. The second-order valence-corrected chi connectivity index (χ2v) is 5.19. The van der Waals surface area contributed by atoms with E-state index in [9.17, 15) is 0 Å². The largest absolute Gasteiger partial charge is 0.334 e. The molecule has 0 bridgehead atoms. The lowest BCUT2D eigenvalue weighted by Gasteiger charge is -2.21. The van der Waals surface area contributed by atoms with Crippen LogP contribution in [0.5, 0.6) is 0 Å². The van der Waals surface area contributed by atoms with Gasteiger partial charge in [-0.3, -0.25) is 0 Å². The summed E-state index contributed by atoms with van der Waals surface area (Å²) in [6.07, 6.45) is 4.33. The Balaban J connectivity index is 1.85. The quantitative estimate of drug-likeness (QED) is 0.835. The molecular formula is C13H24N4. The SMILES string of the molecule is CC(C)N(C)CCCn1cnc2c1CCNC2. The average Bonchev–Trinajstić information content (AvgIpc) is 2.72. The molecule has 0 fully saturated rings. The maximum Gasteiger partial charge on any atom is 0.0952 e. The number of aromatic nitrogens is 2. The van der Waals surface area contributed by atoms with E-state index < -0.39 is 0 Å². The maximum atomic E-state index is 4.48. The van der Waals surface area contributed by atoms with Crippen LogP contribution in [0.4, 0.5) is 0 Å². The van der Waals surface area contributed by atoms with E-state index in [0.29, 0.717) is 6.04 Å². The van der Waals surface area contributed by atoms with Crippen LogP contribution in [0.2, 0.25) is 0 Å². The predicted molar refractivity (Wildman–Crippen MR) is 70.0 cm³/mol. The van der Waals surface area contributed by atoms with Crippen molar-refractivity contribution in [2.24, 2.45) is 0 Å². The monoisotopic (exact) mass is 236 g/mol. The number of aryl methyl sites for hydroxylation is 1. The highest BCUT2D eigenvalue weighted by molar-refractivity contribution is 5.16. The third-order valence-corrected chi connectivity index (χ3v) is 3.66.